The molecule has 5 nitrogen and oxygen atoms in total. The minimum absolute atomic E-state index is 0.0983. The average Bonchev–Trinajstić information content (AvgIpc) is 3.00. The van der Waals surface area contributed by atoms with E-state index in [9.17, 15) is 9.59 Å². The predicted octanol–water partition coefficient (Wildman–Crippen LogP) is 0.926. The van der Waals surface area contributed by atoms with E-state index >= 15 is 0 Å². The lowest BCUT2D eigenvalue weighted by Gasteiger charge is -2.29. The van der Waals surface area contributed by atoms with Crippen molar-refractivity contribution in [2.24, 2.45) is 17.6 Å². The van der Waals surface area contributed by atoms with Gasteiger partial charge in [-0.15, -0.1) is 0 Å². The van der Waals surface area contributed by atoms with Gasteiger partial charge in [-0.3, -0.25) is 9.59 Å². The van der Waals surface area contributed by atoms with Gasteiger partial charge in [0.2, 0.25) is 11.8 Å². The zero-order valence-corrected chi connectivity index (χ0v) is 12.2. The van der Waals surface area contributed by atoms with Crippen LogP contribution in [0.2, 0.25) is 0 Å². The zero-order valence-electron chi connectivity index (χ0n) is 12.2. The topological polar surface area (TPSA) is 84.2 Å². The molecule has 2 saturated carbocycles. The summed E-state index contributed by atoms with van der Waals surface area (Å²) in [4.78, 5) is 23.9. The van der Waals surface area contributed by atoms with Gasteiger partial charge in [0.05, 0.1) is 0 Å². The van der Waals surface area contributed by atoms with E-state index in [0.717, 1.165) is 38.5 Å². The minimum Gasteiger partial charge on any atom is -0.355 e. The molecule has 0 unspecified atom stereocenters. The zero-order chi connectivity index (χ0) is 14.4. The molecule has 20 heavy (non-hydrogen) atoms. The van der Waals surface area contributed by atoms with Crippen LogP contribution in [0.1, 0.15) is 51.4 Å². The van der Waals surface area contributed by atoms with Crippen LogP contribution in [0.3, 0.4) is 0 Å². The molecule has 0 aromatic heterocycles. The molecular weight excluding hydrogens is 254 g/mol. The summed E-state index contributed by atoms with van der Waals surface area (Å²) in [5, 5.41) is 6.02. The third-order valence-electron chi connectivity index (χ3n) is 4.61. The highest BCUT2D eigenvalue weighted by Gasteiger charge is 2.29. The number of carbonyl (C=O) groups excluding carboxylic acids is 2. The van der Waals surface area contributed by atoms with Crippen molar-refractivity contribution in [3.05, 3.63) is 0 Å². The van der Waals surface area contributed by atoms with Crippen molar-refractivity contribution >= 4 is 11.8 Å². The standard InChI is InChI=1S/C15H27N3O2/c16-9-10-17-14(19)12-5-7-13(8-6-12)18-15(20)11-3-1-2-4-11/h11-13H,1-10,16H2,(H,17,19)(H,18,20). The Balaban J connectivity index is 1.68. The summed E-state index contributed by atoms with van der Waals surface area (Å²) < 4.78 is 0. The Labute approximate surface area is 121 Å². The van der Waals surface area contributed by atoms with Crippen molar-refractivity contribution in [3.63, 3.8) is 0 Å². The van der Waals surface area contributed by atoms with Crippen molar-refractivity contribution in [1.29, 1.82) is 0 Å². The van der Waals surface area contributed by atoms with Crippen LogP contribution in [0.4, 0.5) is 0 Å². The van der Waals surface area contributed by atoms with E-state index in [4.69, 9.17) is 5.73 Å². The van der Waals surface area contributed by atoms with Crippen LogP contribution in [0.25, 0.3) is 0 Å². The van der Waals surface area contributed by atoms with Crippen LogP contribution >= 0.6 is 0 Å². The first kappa shape index (κ1) is 15.3. The van der Waals surface area contributed by atoms with Gasteiger partial charge in [-0.1, -0.05) is 12.8 Å². The summed E-state index contributed by atoms with van der Waals surface area (Å²) in [7, 11) is 0. The number of hydrogen-bond acceptors (Lipinski definition) is 3. The number of nitrogens with two attached hydrogens (primary N) is 1. The Hall–Kier alpha value is -1.10. The van der Waals surface area contributed by atoms with Gasteiger partial charge in [-0.2, -0.15) is 0 Å². The maximum absolute atomic E-state index is 12.1. The molecule has 0 aromatic carbocycles. The van der Waals surface area contributed by atoms with Crippen LogP contribution in [-0.2, 0) is 9.59 Å². The lowest BCUT2D eigenvalue weighted by Crippen LogP contribution is -2.43. The van der Waals surface area contributed by atoms with E-state index in [1.165, 1.54) is 12.8 Å². The van der Waals surface area contributed by atoms with Crippen LogP contribution in [0.5, 0.6) is 0 Å². The lowest BCUT2D eigenvalue weighted by molar-refractivity contribution is -0.126. The fourth-order valence-corrected chi connectivity index (χ4v) is 3.35. The highest BCUT2D eigenvalue weighted by Crippen LogP contribution is 2.27. The molecule has 114 valence electrons. The van der Waals surface area contributed by atoms with E-state index in [2.05, 4.69) is 10.6 Å². The average molecular weight is 281 g/mol. The monoisotopic (exact) mass is 281 g/mol. The molecule has 4 N–H and O–H groups in total. The summed E-state index contributed by atoms with van der Waals surface area (Å²) in [6.45, 7) is 1.04. The van der Waals surface area contributed by atoms with Gasteiger partial charge in [0.1, 0.15) is 0 Å². The van der Waals surface area contributed by atoms with E-state index in [1.807, 2.05) is 0 Å². The van der Waals surface area contributed by atoms with Crippen molar-refractivity contribution in [2.45, 2.75) is 57.4 Å². The molecule has 0 bridgehead atoms. The maximum atomic E-state index is 12.1. The highest BCUT2D eigenvalue weighted by molar-refractivity contribution is 5.80. The first-order valence-electron chi connectivity index (χ1n) is 7.99. The summed E-state index contributed by atoms with van der Waals surface area (Å²) in [5.41, 5.74) is 5.38. The molecule has 2 rings (SSSR count). The quantitative estimate of drug-likeness (QED) is 0.701. The molecule has 2 amide bonds. The van der Waals surface area contributed by atoms with Crippen LogP contribution in [0.15, 0.2) is 0 Å². The van der Waals surface area contributed by atoms with E-state index in [1.54, 1.807) is 0 Å². The molecule has 0 spiro atoms. The second-order valence-corrected chi connectivity index (χ2v) is 6.12. The van der Waals surface area contributed by atoms with E-state index in [0.29, 0.717) is 13.1 Å². The van der Waals surface area contributed by atoms with E-state index in [-0.39, 0.29) is 29.7 Å². The van der Waals surface area contributed by atoms with Gasteiger partial charge in [0.25, 0.3) is 0 Å². The Bertz CT molecular complexity index is 332. The Kier molecular flexibility index (Phi) is 5.83. The molecule has 2 aliphatic carbocycles. The van der Waals surface area contributed by atoms with Gasteiger partial charge < -0.3 is 16.4 Å². The number of rotatable bonds is 5. The second-order valence-electron chi connectivity index (χ2n) is 6.12. The lowest BCUT2D eigenvalue weighted by atomic mass is 9.85. The maximum Gasteiger partial charge on any atom is 0.223 e. The summed E-state index contributed by atoms with van der Waals surface area (Å²) in [6, 6.07) is 0.265. The highest BCUT2D eigenvalue weighted by atomic mass is 16.2. The van der Waals surface area contributed by atoms with Crippen molar-refractivity contribution in [1.82, 2.24) is 10.6 Å². The van der Waals surface area contributed by atoms with Gasteiger partial charge in [-0.25, -0.2) is 0 Å². The Morgan fingerprint density at radius 2 is 1.50 bits per heavy atom. The molecule has 2 aliphatic rings. The Morgan fingerprint density at radius 1 is 0.900 bits per heavy atom. The normalized spacial score (nSPS) is 27.2. The van der Waals surface area contributed by atoms with Crippen LogP contribution in [-0.4, -0.2) is 30.9 Å². The van der Waals surface area contributed by atoms with Crippen molar-refractivity contribution in [2.75, 3.05) is 13.1 Å². The molecule has 0 atom stereocenters. The van der Waals surface area contributed by atoms with Gasteiger partial charge >= 0.3 is 0 Å². The van der Waals surface area contributed by atoms with Crippen molar-refractivity contribution < 1.29 is 9.59 Å². The first-order chi connectivity index (χ1) is 9.70. The van der Waals surface area contributed by atoms with Gasteiger partial charge in [-0.05, 0) is 38.5 Å². The molecule has 0 aliphatic heterocycles. The second kappa shape index (κ2) is 7.62. The van der Waals surface area contributed by atoms with Gasteiger partial charge in [0.15, 0.2) is 0 Å². The molecule has 0 saturated heterocycles. The molecule has 0 aromatic rings. The number of hydrogen-bond donors (Lipinski definition) is 3. The van der Waals surface area contributed by atoms with Crippen LogP contribution in [0, 0.1) is 11.8 Å². The molecule has 0 radical (unpaired) electrons. The summed E-state index contributed by atoms with van der Waals surface area (Å²) in [5.74, 6) is 0.691. The molecular formula is C15H27N3O2. The smallest absolute Gasteiger partial charge is 0.223 e. The first-order valence-corrected chi connectivity index (χ1v) is 7.99. The number of carbonyl (C=O) groups is 2. The fourth-order valence-electron chi connectivity index (χ4n) is 3.35. The Morgan fingerprint density at radius 3 is 2.10 bits per heavy atom. The van der Waals surface area contributed by atoms with Crippen LogP contribution < -0.4 is 16.4 Å². The SMILES string of the molecule is NCCNC(=O)C1CCC(NC(=O)C2CCCC2)CC1. The fraction of sp³-hybridized carbons (Fsp3) is 0.867. The number of amides is 2. The molecule has 0 heterocycles. The largest absolute Gasteiger partial charge is 0.355 e. The summed E-state index contributed by atoms with van der Waals surface area (Å²) in [6.07, 6.45) is 8.03. The van der Waals surface area contributed by atoms with E-state index < -0.39 is 0 Å². The van der Waals surface area contributed by atoms with Gasteiger partial charge in [0, 0.05) is 31.0 Å². The third-order valence-corrected chi connectivity index (χ3v) is 4.61. The number of nitrogens with one attached hydrogen (secondary N) is 2. The molecule has 2 fully saturated rings. The summed E-state index contributed by atoms with van der Waals surface area (Å²) >= 11 is 0. The minimum atomic E-state index is 0.0983. The predicted molar refractivity (Wildman–Crippen MR) is 77.9 cm³/mol. The van der Waals surface area contributed by atoms with Crippen molar-refractivity contribution in [3.8, 4) is 0 Å². The third kappa shape index (κ3) is 4.20. The molecule has 5 heteroatoms.